The zero-order chi connectivity index (χ0) is 15.8. The SMILES string of the molecule is O=C1c2ccccc2C(=O)N1Cc1nc(Cn2ccnn2)cs1. The second-order valence-electron chi connectivity index (χ2n) is 5.08. The van der Waals surface area contributed by atoms with Crippen molar-refractivity contribution in [2.75, 3.05) is 0 Å². The fourth-order valence-electron chi connectivity index (χ4n) is 2.50. The van der Waals surface area contributed by atoms with Crippen molar-refractivity contribution in [3.63, 3.8) is 0 Å². The minimum absolute atomic E-state index is 0.189. The molecule has 0 saturated heterocycles. The lowest BCUT2D eigenvalue weighted by molar-refractivity contribution is 0.0642. The van der Waals surface area contributed by atoms with E-state index in [9.17, 15) is 9.59 Å². The average molecular weight is 325 g/mol. The standard InChI is InChI=1S/C15H11N5O2S/c21-14-11-3-1-2-4-12(11)15(22)20(14)8-13-17-10(9-23-13)7-19-6-5-16-18-19/h1-6,9H,7-8H2. The Labute approximate surface area is 135 Å². The molecule has 4 rings (SSSR count). The van der Waals surface area contributed by atoms with Gasteiger partial charge >= 0.3 is 0 Å². The van der Waals surface area contributed by atoms with E-state index < -0.39 is 0 Å². The summed E-state index contributed by atoms with van der Waals surface area (Å²) in [6, 6.07) is 6.86. The van der Waals surface area contributed by atoms with E-state index >= 15 is 0 Å². The Bertz CT molecular complexity index is 852. The molecule has 7 nitrogen and oxygen atoms in total. The third kappa shape index (κ3) is 2.42. The van der Waals surface area contributed by atoms with Crippen LogP contribution in [0.3, 0.4) is 0 Å². The number of rotatable bonds is 4. The van der Waals surface area contributed by atoms with Gasteiger partial charge in [-0.3, -0.25) is 14.5 Å². The number of aromatic nitrogens is 4. The zero-order valence-electron chi connectivity index (χ0n) is 11.9. The summed E-state index contributed by atoms with van der Waals surface area (Å²) in [6.07, 6.45) is 3.36. The highest BCUT2D eigenvalue weighted by atomic mass is 32.1. The fourth-order valence-corrected chi connectivity index (χ4v) is 3.27. The topological polar surface area (TPSA) is 81.0 Å². The minimum atomic E-state index is -0.265. The Morgan fingerprint density at radius 2 is 1.78 bits per heavy atom. The van der Waals surface area contributed by atoms with E-state index in [1.165, 1.54) is 16.2 Å². The van der Waals surface area contributed by atoms with Gasteiger partial charge in [-0.2, -0.15) is 0 Å². The molecule has 0 bridgehead atoms. The van der Waals surface area contributed by atoms with Crippen LogP contribution in [0.5, 0.6) is 0 Å². The van der Waals surface area contributed by atoms with Gasteiger partial charge in [0.25, 0.3) is 11.8 Å². The molecule has 1 aromatic carbocycles. The number of amides is 2. The van der Waals surface area contributed by atoms with E-state index in [2.05, 4.69) is 15.3 Å². The van der Waals surface area contributed by atoms with Gasteiger partial charge in [-0.05, 0) is 12.1 Å². The van der Waals surface area contributed by atoms with Crippen molar-refractivity contribution in [3.8, 4) is 0 Å². The second-order valence-corrected chi connectivity index (χ2v) is 6.02. The van der Waals surface area contributed by atoms with Crippen molar-refractivity contribution in [2.45, 2.75) is 13.1 Å². The first-order chi connectivity index (χ1) is 11.2. The van der Waals surface area contributed by atoms with Crippen molar-refractivity contribution in [3.05, 3.63) is 63.9 Å². The maximum absolute atomic E-state index is 12.3. The van der Waals surface area contributed by atoms with Crippen LogP contribution in [0.15, 0.2) is 42.0 Å². The van der Waals surface area contributed by atoms with Crippen molar-refractivity contribution in [1.82, 2.24) is 24.9 Å². The molecule has 3 aromatic rings. The van der Waals surface area contributed by atoms with Gasteiger partial charge in [0.1, 0.15) is 5.01 Å². The number of fused-ring (bicyclic) bond motifs is 1. The predicted molar refractivity (Wildman–Crippen MR) is 81.9 cm³/mol. The monoisotopic (exact) mass is 325 g/mol. The molecule has 3 heterocycles. The van der Waals surface area contributed by atoms with Crippen LogP contribution in [0, 0.1) is 0 Å². The van der Waals surface area contributed by atoms with Gasteiger partial charge < -0.3 is 0 Å². The largest absolute Gasteiger partial charge is 0.269 e. The normalized spacial score (nSPS) is 13.7. The van der Waals surface area contributed by atoms with Gasteiger partial charge in [0.15, 0.2) is 0 Å². The van der Waals surface area contributed by atoms with Gasteiger partial charge in [-0.1, -0.05) is 17.3 Å². The highest BCUT2D eigenvalue weighted by Crippen LogP contribution is 2.25. The summed E-state index contributed by atoms with van der Waals surface area (Å²) in [5, 5.41) is 10.2. The summed E-state index contributed by atoms with van der Waals surface area (Å²) in [4.78, 5) is 30.4. The lowest BCUT2D eigenvalue weighted by Gasteiger charge is -2.11. The molecule has 0 N–H and O–H groups in total. The molecule has 0 fully saturated rings. The van der Waals surface area contributed by atoms with Crippen molar-refractivity contribution >= 4 is 23.2 Å². The van der Waals surface area contributed by atoms with Crippen molar-refractivity contribution in [2.24, 2.45) is 0 Å². The third-order valence-electron chi connectivity index (χ3n) is 3.57. The molecule has 0 spiro atoms. The Morgan fingerprint density at radius 1 is 1.04 bits per heavy atom. The average Bonchev–Trinajstić information content (AvgIpc) is 3.27. The summed E-state index contributed by atoms with van der Waals surface area (Å²) in [7, 11) is 0. The number of carbonyl (C=O) groups is 2. The molecule has 0 aliphatic carbocycles. The van der Waals surface area contributed by atoms with E-state index in [4.69, 9.17) is 0 Å². The molecule has 2 aromatic heterocycles. The summed E-state index contributed by atoms with van der Waals surface area (Å²) in [5.41, 5.74) is 1.74. The summed E-state index contributed by atoms with van der Waals surface area (Å²) < 4.78 is 1.67. The number of imide groups is 1. The third-order valence-corrected chi connectivity index (χ3v) is 4.45. The molecule has 0 unspecified atom stereocenters. The van der Waals surface area contributed by atoms with E-state index in [1.807, 2.05) is 5.38 Å². The van der Waals surface area contributed by atoms with Crippen LogP contribution in [0.2, 0.25) is 0 Å². The smallest absolute Gasteiger partial charge is 0.261 e. The number of hydrogen-bond donors (Lipinski definition) is 0. The van der Waals surface area contributed by atoms with E-state index in [0.29, 0.717) is 17.7 Å². The summed E-state index contributed by atoms with van der Waals surface area (Å²) in [5.74, 6) is -0.530. The number of thiazole rings is 1. The Hall–Kier alpha value is -2.87. The van der Waals surface area contributed by atoms with Crippen LogP contribution in [-0.4, -0.2) is 36.7 Å². The molecular formula is C15H11N5O2S. The maximum Gasteiger partial charge on any atom is 0.261 e. The summed E-state index contributed by atoms with van der Waals surface area (Å²) in [6.45, 7) is 0.701. The molecule has 1 aliphatic heterocycles. The Kier molecular flexibility index (Phi) is 3.23. The van der Waals surface area contributed by atoms with E-state index in [1.54, 1.807) is 41.3 Å². The zero-order valence-corrected chi connectivity index (χ0v) is 12.7. The predicted octanol–water partition coefficient (Wildman–Crippen LogP) is 1.58. The minimum Gasteiger partial charge on any atom is -0.269 e. The number of nitrogens with zero attached hydrogens (tertiary/aromatic N) is 5. The highest BCUT2D eigenvalue weighted by Gasteiger charge is 2.35. The van der Waals surface area contributed by atoms with E-state index in [-0.39, 0.29) is 18.4 Å². The van der Waals surface area contributed by atoms with E-state index in [0.717, 1.165) is 10.7 Å². The molecule has 114 valence electrons. The van der Waals surface area contributed by atoms with Crippen LogP contribution >= 0.6 is 11.3 Å². The van der Waals surface area contributed by atoms with Crippen LogP contribution < -0.4 is 0 Å². The van der Waals surface area contributed by atoms with Gasteiger partial charge in [0, 0.05) is 11.6 Å². The molecular weight excluding hydrogens is 314 g/mol. The van der Waals surface area contributed by atoms with Gasteiger partial charge in [-0.25, -0.2) is 9.67 Å². The van der Waals surface area contributed by atoms with Gasteiger partial charge in [0.2, 0.25) is 0 Å². The van der Waals surface area contributed by atoms with Crippen LogP contribution in [-0.2, 0) is 13.1 Å². The first-order valence-corrected chi connectivity index (χ1v) is 7.83. The Balaban J connectivity index is 1.52. The van der Waals surface area contributed by atoms with Crippen molar-refractivity contribution in [1.29, 1.82) is 0 Å². The van der Waals surface area contributed by atoms with Gasteiger partial charge in [0.05, 0.1) is 36.1 Å². The number of carbonyl (C=O) groups excluding carboxylic acids is 2. The quantitative estimate of drug-likeness (QED) is 0.680. The molecule has 8 heteroatoms. The first-order valence-electron chi connectivity index (χ1n) is 6.95. The van der Waals surface area contributed by atoms with Gasteiger partial charge in [-0.15, -0.1) is 16.4 Å². The molecule has 1 aliphatic rings. The maximum atomic E-state index is 12.3. The lowest BCUT2D eigenvalue weighted by Crippen LogP contribution is -2.29. The molecule has 23 heavy (non-hydrogen) atoms. The Morgan fingerprint density at radius 3 is 2.43 bits per heavy atom. The fraction of sp³-hybridized carbons (Fsp3) is 0.133. The molecule has 0 radical (unpaired) electrons. The van der Waals surface area contributed by atoms with Crippen LogP contribution in [0.4, 0.5) is 0 Å². The number of benzene rings is 1. The van der Waals surface area contributed by atoms with Crippen LogP contribution in [0.1, 0.15) is 31.4 Å². The van der Waals surface area contributed by atoms with Crippen molar-refractivity contribution < 1.29 is 9.59 Å². The highest BCUT2D eigenvalue weighted by molar-refractivity contribution is 7.09. The second kappa shape index (κ2) is 5.40. The lowest BCUT2D eigenvalue weighted by atomic mass is 10.1. The summed E-state index contributed by atoms with van der Waals surface area (Å²) >= 11 is 1.42. The number of hydrogen-bond acceptors (Lipinski definition) is 6. The first kappa shape index (κ1) is 13.8. The van der Waals surface area contributed by atoms with Crippen LogP contribution in [0.25, 0.3) is 0 Å². The molecule has 0 saturated carbocycles. The molecule has 0 atom stereocenters. The molecule has 2 amide bonds.